The molecule has 0 radical (unpaired) electrons. The normalized spacial score (nSPS) is 14.4. The van der Waals surface area contributed by atoms with Crippen LogP contribution in [0.1, 0.15) is 24.1 Å². The van der Waals surface area contributed by atoms with Crippen LogP contribution in [0.4, 0.5) is 0 Å². The summed E-state index contributed by atoms with van der Waals surface area (Å²) in [5.74, 6) is 0. The van der Waals surface area contributed by atoms with Gasteiger partial charge >= 0.3 is 0 Å². The summed E-state index contributed by atoms with van der Waals surface area (Å²) >= 11 is 1.75. The zero-order valence-corrected chi connectivity index (χ0v) is 17.3. The van der Waals surface area contributed by atoms with Gasteiger partial charge in [-0.1, -0.05) is 36.4 Å². The van der Waals surface area contributed by atoms with E-state index in [1.54, 1.807) is 11.3 Å². The second kappa shape index (κ2) is 8.43. The Hall–Kier alpha value is -2.21. The van der Waals surface area contributed by atoms with Gasteiger partial charge in [0, 0.05) is 24.0 Å². The Morgan fingerprint density at radius 3 is 2.54 bits per heavy atom. The molecule has 28 heavy (non-hydrogen) atoms. The van der Waals surface area contributed by atoms with Crippen molar-refractivity contribution in [1.29, 1.82) is 0 Å². The number of imidazole rings is 1. The van der Waals surface area contributed by atoms with E-state index in [9.17, 15) is 0 Å². The van der Waals surface area contributed by atoms with E-state index in [1.165, 1.54) is 48.3 Å². The molecule has 5 rings (SSSR count). The summed E-state index contributed by atoms with van der Waals surface area (Å²) in [6.45, 7) is 4.25. The van der Waals surface area contributed by atoms with Gasteiger partial charge in [0.15, 0.2) is 0 Å². The number of aromatic nitrogens is 3. The van der Waals surface area contributed by atoms with Crippen molar-refractivity contribution >= 4 is 34.8 Å². The minimum atomic E-state index is 0. The van der Waals surface area contributed by atoms with Gasteiger partial charge in [-0.05, 0) is 43.6 Å². The lowest BCUT2D eigenvalue weighted by atomic mass is 10.1. The maximum atomic E-state index is 4.85. The molecule has 2 aromatic heterocycles. The molecule has 4 aromatic rings. The second-order valence-electron chi connectivity index (χ2n) is 7.19. The molecule has 0 spiro atoms. The van der Waals surface area contributed by atoms with Crippen LogP contribution in [0.2, 0.25) is 0 Å². The highest BCUT2D eigenvalue weighted by Gasteiger charge is 2.14. The summed E-state index contributed by atoms with van der Waals surface area (Å²) in [7, 11) is 0. The number of hydrogen-bond acceptors (Lipinski definition) is 4. The minimum absolute atomic E-state index is 0. The monoisotopic (exact) mass is 410 g/mol. The molecule has 1 aliphatic rings. The quantitative estimate of drug-likeness (QED) is 0.452. The lowest BCUT2D eigenvalue weighted by molar-refractivity contribution is 0.328. The number of halogens is 1. The van der Waals surface area contributed by atoms with Gasteiger partial charge in [-0.3, -0.25) is 4.90 Å². The first-order valence-electron chi connectivity index (χ1n) is 9.51. The first-order valence-corrected chi connectivity index (χ1v) is 10.4. The smallest absolute Gasteiger partial charge is 0.123 e. The van der Waals surface area contributed by atoms with Crippen LogP contribution in [0.15, 0.2) is 60.2 Å². The maximum Gasteiger partial charge on any atom is 0.123 e. The van der Waals surface area contributed by atoms with Crippen molar-refractivity contribution in [3.63, 3.8) is 0 Å². The van der Waals surface area contributed by atoms with Crippen LogP contribution < -0.4 is 0 Å². The molecule has 0 saturated carbocycles. The Kier molecular flexibility index (Phi) is 5.76. The van der Waals surface area contributed by atoms with Crippen molar-refractivity contribution in [3.05, 3.63) is 71.5 Å². The number of rotatable bonds is 5. The van der Waals surface area contributed by atoms with Crippen LogP contribution >= 0.6 is 23.7 Å². The van der Waals surface area contributed by atoms with Gasteiger partial charge in [-0.2, -0.15) is 0 Å². The highest BCUT2D eigenvalue weighted by molar-refractivity contribution is 7.13. The zero-order chi connectivity index (χ0) is 18.1. The van der Waals surface area contributed by atoms with Crippen LogP contribution in [0, 0.1) is 0 Å². The Morgan fingerprint density at radius 2 is 1.71 bits per heavy atom. The predicted molar refractivity (Wildman–Crippen MR) is 118 cm³/mol. The van der Waals surface area contributed by atoms with E-state index < -0.39 is 0 Å². The third kappa shape index (κ3) is 3.97. The lowest BCUT2D eigenvalue weighted by Crippen LogP contribution is -2.18. The van der Waals surface area contributed by atoms with Crippen molar-refractivity contribution in [2.45, 2.75) is 25.9 Å². The van der Waals surface area contributed by atoms with E-state index in [1.807, 2.05) is 12.4 Å². The van der Waals surface area contributed by atoms with Crippen LogP contribution in [0.3, 0.4) is 0 Å². The molecule has 4 nitrogen and oxygen atoms in total. The number of hydrogen-bond donors (Lipinski definition) is 0. The van der Waals surface area contributed by atoms with Crippen LogP contribution in [-0.2, 0) is 13.1 Å². The van der Waals surface area contributed by atoms with E-state index in [2.05, 4.69) is 62.3 Å². The highest BCUT2D eigenvalue weighted by atomic mass is 35.5. The molecule has 2 aromatic carbocycles. The van der Waals surface area contributed by atoms with E-state index in [-0.39, 0.29) is 12.4 Å². The Labute approximate surface area is 175 Å². The minimum Gasteiger partial charge on any atom is -0.326 e. The Balaban J connectivity index is 0.00000192. The summed E-state index contributed by atoms with van der Waals surface area (Å²) in [6.07, 6.45) is 4.57. The summed E-state index contributed by atoms with van der Waals surface area (Å²) < 4.78 is 2.20. The zero-order valence-electron chi connectivity index (χ0n) is 15.6. The van der Waals surface area contributed by atoms with Crippen molar-refractivity contribution in [2.75, 3.05) is 13.1 Å². The molecular weight excluding hydrogens is 388 g/mol. The van der Waals surface area contributed by atoms with Crippen molar-refractivity contribution in [1.82, 2.24) is 19.4 Å². The van der Waals surface area contributed by atoms with Gasteiger partial charge in [-0.15, -0.1) is 23.7 Å². The SMILES string of the molecule is Cl.c1ccc2c(c1)ncn2Cc1ccc(-c2nc(CN3CCCC3)cs2)cc1. The van der Waals surface area contributed by atoms with Crippen molar-refractivity contribution < 1.29 is 0 Å². The van der Waals surface area contributed by atoms with Crippen molar-refractivity contribution in [3.8, 4) is 10.6 Å². The van der Waals surface area contributed by atoms with Crippen LogP contribution in [0.25, 0.3) is 21.6 Å². The van der Waals surface area contributed by atoms with E-state index in [4.69, 9.17) is 4.98 Å². The summed E-state index contributed by atoms with van der Waals surface area (Å²) in [5.41, 5.74) is 5.89. The first kappa shape index (κ1) is 19.1. The molecule has 3 heterocycles. The largest absolute Gasteiger partial charge is 0.326 e. The van der Waals surface area contributed by atoms with Crippen LogP contribution in [-0.4, -0.2) is 32.5 Å². The average molecular weight is 411 g/mol. The van der Waals surface area contributed by atoms with E-state index in [0.29, 0.717) is 0 Å². The molecular formula is C22H23ClN4S. The fraction of sp³-hybridized carbons (Fsp3) is 0.273. The standard InChI is InChI=1S/C22H22N4S.ClH/c1-2-6-21-20(5-1)23-16-26(21)13-17-7-9-18(10-8-17)22-24-19(15-27-22)14-25-11-3-4-12-25;/h1-2,5-10,15-16H,3-4,11-14H2;1H. The Bertz CT molecular complexity index is 1050. The summed E-state index contributed by atoms with van der Waals surface area (Å²) in [5, 5.41) is 3.32. The van der Waals surface area contributed by atoms with Gasteiger partial charge < -0.3 is 4.57 Å². The molecule has 0 unspecified atom stereocenters. The van der Waals surface area contributed by atoms with Crippen LogP contribution in [0.5, 0.6) is 0 Å². The molecule has 0 bridgehead atoms. The molecule has 6 heteroatoms. The van der Waals surface area contributed by atoms with Gasteiger partial charge in [0.05, 0.1) is 23.1 Å². The topological polar surface area (TPSA) is 34.0 Å². The van der Waals surface area contributed by atoms with Gasteiger partial charge in [0.25, 0.3) is 0 Å². The maximum absolute atomic E-state index is 4.85. The number of thiazole rings is 1. The molecule has 1 fully saturated rings. The van der Waals surface area contributed by atoms with E-state index in [0.717, 1.165) is 23.6 Å². The number of fused-ring (bicyclic) bond motifs is 1. The molecule has 0 N–H and O–H groups in total. The van der Waals surface area contributed by atoms with Gasteiger partial charge in [-0.25, -0.2) is 9.97 Å². The number of likely N-dealkylation sites (tertiary alicyclic amines) is 1. The second-order valence-corrected chi connectivity index (χ2v) is 8.04. The number of nitrogens with zero attached hydrogens (tertiary/aromatic N) is 4. The molecule has 0 amide bonds. The average Bonchev–Trinajstić information content (AvgIpc) is 3.45. The molecule has 1 saturated heterocycles. The van der Waals surface area contributed by atoms with Crippen molar-refractivity contribution in [2.24, 2.45) is 0 Å². The fourth-order valence-corrected chi connectivity index (χ4v) is 4.58. The first-order chi connectivity index (χ1) is 13.3. The molecule has 1 aliphatic heterocycles. The fourth-order valence-electron chi connectivity index (χ4n) is 3.77. The third-order valence-corrected chi connectivity index (χ3v) is 6.16. The Morgan fingerprint density at radius 1 is 0.929 bits per heavy atom. The summed E-state index contributed by atoms with van der Waals surface area (Å²) in [6, 6.07) is 17.0. The summed E-state index contributed by atoms with van der Waals surface area (Å²) in [4.78, 5) is 11.8. The van der Waals surface area contributed by atoms with E-state index >= 15 is 0 Å². The predicted octanol–water partition coefficient (Wildman–Crippen LogP) is 5.23. The molecule has 144 valence electrons. The lowest BCUT2D eigenvalue weighted by Gasteiger charge is -2.11. The number of para-hydroxylation sites is 2. The third-order valence-electron chi connectivity index (χ3n) is 5.22. The van der Waals surface area contributed by atoms with Gasteiger partial charge in [0.1, 0.15) is 5.01 Å². The number of benzene rings is 2. The molecule has 0 aliphatic carbocycles. The molecule has 0 atom stereocenters. The highest BCUT2D eigenvalue weighted by Crippen LogP contribution is 2.25. The van der Waals surface area contributed by atoms with Gasteiger partial charge in [0.2, 0.25) is 0 Å².